The van der Waals surface area contributed by atoms with Crippen molar-refractivity contribution in [2.45, 2.75) is 39.2 Å². The molecule has 2 N–H and O–H groups in total. The number of anilines is 1. The minimum Gasteiger partial charge on any atom is -0.481 e. The zero-order valence-corrected chi connectivity index (χ0v) is 14.7. The molecular formula is C18H26N4O3. The number of aliphatic carboxylic acids is 1. The van der Waals surface area contributed by atoms with E-state index in [4.69, 9.17) is 5.11 Å². The van der Waals surface area contributed by atoms with Gasteiger partial charge in [-0.3, -0.25) is 4.79 Å². The molecule has 136 valence electrons. The predicted octanol–water partition coefficient (Wildman–Crippen LogP) is 2.00. The first-order chi connectivity index (χ1) is 12.0. The van der Waals surface area contributed by atoms with E-state index in [0.29, 0.717) is 19.5 Å². The molecule has 0 aliphatic carbocycles. The summed E-state index contributed by atoms with van der Waals surface area (Å²) >= 11 is 0. The van der Waals surface area contributed by atoms with Gasteiger partial charge in [0, 0.05) is 38.4 Å². The molecule has 2 fully saturated rings. The molecule has 3 rings (SSSR count). The Labute approximate surface area is 148 Å². The number of aromatic nitrogens is 1. The summed E-state index contributed by atoms with van der Waals surface area (Å²) in [6.07, 6.45) is 3.77. The molecule has 2 aliphatic rings. The molecule has 2 aliphatic heterocycles. The molecule has 1 aromatic heterocycles. The summed E-state index contributed by atoms with van der Waals surface area (Å²) in [5.41, 5.74) is 1.96. The Bertz CT molecular complexity index is 643. The quantitative estimate of drug-likeness (QED) is 0.871. The maximum absolute atomic E-state index is 12.4. The number of carboxylic acid groups (broad SMARTS) is 1. The van der Waals surface area contributed by atoms with Crippen molar-refractivity contribution in [3.05, 3.63) is 23.4 Å². The van der Waals surface area contributed by atoms with Crippen LogP contribution < -0.4 is 10.2 Å². The number of likely N-dealkylation sites (tertiary alicyclic amines) is 1. The van der Waals surface area contributed by atoms with Crippen LogP contribution in [-0.2, 0) is 11.3 Å². The van der Waals surface area contributed by atoms with Gasteiger partial charge < -0.3 is 20.2 Å². The lowest BCUT2D eigenvalue weighted by Crippen LogP contribution is -2.46. The van der Waals surface area contributed by atoms with E-state index in [1.807, 2.05) is 19.1 Å². The number of urea groups is 1. The minimum atomic E-state index is -0.822. The first-order valence-corrected chi connectivity index (χ1v) is 9.01. The monoisotopic (exact) mass is 346 g/mol. The summed E-state index contributed by atoms with van der Waals surface area (Å²) in [6, 6.07) is 3.83. The zero-order valence-electron chi connectivity index (χ0n) is 14.7. The van der Waals surface area contributed by atoms with Crippen LogP contribution in [-0.4, -0.2) is 53.2 Å². The molecule has 7 heteroatoms. The molecule has 2 amide bonds. The number of carbonyl (C=O) groups is 2. The molecule has 0 bridgehead atoms. The van der Waals surface area contributed by atoms with Crippen molar-refractivity contribution in [2.75, 3.05) is 31.1 Å². The normalized spacial score (nSPS) is 20.6. The van der Waals surface area contributed by atoms with Crippen LogP contribution in [0, 0.1) is 12.8 Å². The molecule has 1 atom stereocenters. The highest BCUT2D eigenvalue weighted by Gasteiger charge is 2.28. The fourth-order valence-corrected chi connectivity index (χ4v) is 3.58. The number of nitrogens with zero attached hydrogens (tertiary/aromatic N) is 3. The smallest absolute Gasteiger partial charge is 0.317 e. The number of hydrogen-bond donors (Lipinski definition) is 2. The third-order valence-electron chi connectivity index (χ3n) is 4.93. The van der Waals surface area contributed by atoms with E-state index < -0.39 is 11.9 Å². The minimum absolute atomic E-state index is 0.192. The summed E-state index contributed by atoms with van der Waals surface area (Å²) in [7, 11) is 0. The number of pyridine rings is 1. The lowest BCUT2D eigenvalue weighted by molar-refractivity contribution is -0.143. The van der Waals surface area contributed by atoms with Gasteiger partial charge in [-0.15, -0.1) is 0 Å². The average molecular weight is 346 g/mol. The molecule has 1 unspecified atom stereocenters. The number of rotatable bonds is 4. The van der Waals surface area contributed by atoms with Gasteiger partial charge in [0.25, 0.3) is 0 Å². The Kier molecular flexibility index (Phi) is 5.40. The first-order valence-electron chi connectivity index (χ1n) is 9.01. The SMILES string of the molecule is Cc1cc(CNC(=O)N2CCCC(C(=O)O)C2)cc(N2CCCC2)n1. The molecule has 2 saturated heterocycles. The zero-order chi connectivity index (χ0) is 17.8. The maximum Gasteiger partial charge on any atom is 0.317 e. The molecular weight excluding hydrogens is 320 g/mol. The Morgan fingerprint density at radius 1 is 1.24 bits per heavy atom. The van der Waals surface area contributed by atoms with Crippen LogP contribution in [0.3, 0.4) is 0 Å². The average Bonchev–Trinajstić information content (AvgIpc) is 3.14. The summed E-state index contributed by atoms with van der Waals surface area (Å²) in [5, 5.41) is 12.1. The van der Waals surface area contributed by atoms with E-state index >= 15 is 0 Å². The standard InChI is InChI=1S/C18H26N4O3/c1-13-9-14(10-16(20-13)21-6-2-3-7-21)11-19-18(25)22-8-4-5-15(12-22)17(23)24/h9-10,15H,2-8,11-12H2,1H3,(H,19,25)(H,23,24). The van der Waals surface area contributed by atoms with Gasteiger partial charge in [0.1, 0.15) is 5.82 Å². The number of hydrogen-bond acceptors (Lipinski definition) is 4. The third kappa shape index (κ3) is 4.41. The fourth-order valence-electron chi connectivity index (χ4n) is 3.58. The highest BCUT2D eigenvalue weighted by molar-refractivity contribution is 5.76. The molecule has 0 spiro atoms. The number of piperidine rings is 1. The van der Waals surface area contributed by atoms with Gasteiger partial charge in [-0.1, -0.05) is 0 Å². The summed E-state index contributed by atoms with van der Waals surface area (Å²) < 4.78 is 0. The third-order valence-corrected chi connectivity index (χ3v) is 4.93. The van der Waals surface area contributed by atoms with Gasteiger partial charge >= 0.3 is 12.0 Å². The van der Waals surface area contributed by atoms with Crippen molar-refractivity contribution in [1.29, 1.82) is 0 Å². The Hall–Kier alpha value is -2.31. The van der Waals surface area contributed by atoms with Crippen molar-refractivity contribution < 1.29 is 14.7 Å². The summed E-state index contributed by atoms with van der Waals surface area (Å²) in [6.45, 7) is 5.36. The lowest BCUT2D eigenvalue weighted by atomic mass is 9.99. The van der Waals surface area contributed by atoms with Crippen molar-refractivity contribution >= 4 is 17.8 Å². The molecule has 0 aromatic carbocycles. The van der Waals surface area contributed by atoms with Gasteiger partial charge in [0.05, 0.1) is 5.92 Å². The second kappa shape index (κ2) is 7.72. The summed E-state index contributed by atoms with van der Waals surface area (Å²) in [4.78, 5) is 32.0. The number of amides is 2. The van der Waals surface area contributed by atoms with Crippen LogP contribution in [0.25, 0.3) is 0 Å². The van der Waals surface area contributed by atoms with Gasteiger partial charge in [-0.25, -0.2) is 9.78 Å². The number of nitrogens with one attached hydrogen (secondary N) is 1. The fraction of sp³-hybridized carbons (Fsp3) is 0.611. The van der Waals surface area contributed by atoms with Crippen molar-refractivity contribution in [3.63, 3.8) is 0 Å². The Morgan fingerprint density at radius 2 is 2.00 bits per heavy atom. The van der Waals surface area contributed by atoms with Crippen LogP contribution in [0.15, 0.2) is 12.1 Å². The van der Waals surface area contributed by atoms with E-state index in [2.05, 4.69) is 15.2 Å². The number of carbonyl (C=O) groups excluding carboxylic acids is 1. The second-order valence-corrected chi connectivity index (χ2v) is 6.95. The molecule has 0 radical (unpaired) electrons. The van der Waals surface area contributed by atoms with Crippen molar-refractivity contribution in [1.82, 2.24) is 15.2 Å². The predicted molar refractivity (Wildman–Crippen MR) is 94.6 cm³/mol. The van der Waals surface area contributed by atoms with Gasteiger partial charge in [0.15, 0.2) is 0 Å². The highest BCUT2D eigenvalue weighted by atomic mass is 16.4. The Balaban J connectivity index is 1.59. The van der Waals surface area contributed by atoms with Crippen LogP contribution in [0.4, 0.5) is 10.6 Å². The van der Waals surface area contributed by atoms with E-state index in [1.54, 1.807) is 4.90 Å². The molecule has 7 nitrogen and oxygen atoms in total. The topological polar surface area (TPSA) is 85.8 Å². The van der Waals surface area contributed by atoms with Gasteiger partial charge in [-0.05, 0) is 50.3 Å². The van der Waals surface area contributed by atoms with Crippen molar-refractivity contribution in [2.24, 2.45) is 5.92 Å². The van der Waals surface area contributed by atoms with Gasteiger partial charge in [0.2, 0.25) is 0 Å². The highest BCUT2D eigenvalue weighted by Crippen LogP contribution is 2.20. The molecule has 25 heavy (non-hydrogen) atoms. The van der Waals surface area contributed by atoms with Crippen LogP contribution in [0.5, 0.6) is 0 Å². The largest absolute Gasteiger partial charge is 0.481 e. The Morgan fingerprint density at radius 3 is 2.72 bits per heavy atom. The molecule has 0 saturated carbocycles. The maximum atomic E-state index is 12.4. The number of carboxylic acids is 1. The first kappa shape index (κ1) is 17.5. The molecule has 1 aromatic rings. The lowest BCUT2D eigenvalue weighted by Gasteiger charge is -2.30. The van der Waals surface area contributed by atoms with E-state index in [-0.39, 0.29) is 12.6 Å². The second-order valence-electron chi connectivity index (χ2n) is 6.95. The van der Waals surface area contributed by atoms with E-state index in [9.17, 15) is 9.59 Å². The molecule has 3 heterocycles. The van der Waals surface area contributed by atoms with E-state index in [1.165, 1.54) is 12.8 Å². The number of aryl methyl sites for hydroxylation is 1. The van der Waals surface area contributed by atoms with Crippen molar-refractivity contribution in [3.8, 4) is 0 Å². The van der Waals surface area contributed by atoms with E-state index in [0.717, 1.165) is 36.6 Å². The van der Waals surface area contributed by atoms with Crippen LogP contribution in [0.1, 0.15) is 36.9 Å². The van der Waals surface area contributed by atoms with Gasteiger partial charge in [-0.2, -0.15) is 0 Å². The summed E-state index contributed by atoms with van der Waals surface area (Å²) in [5.74, 6) is -0.299. The van der Waals surface area contributed by atoms with Crippen LogP contribution in [0.2, 0.25) is 0 Å². The van der Waals surface area contributed by atoms with Crippen LogP contribution >= 0.6 is 0 Å².